The first-order chi connectivity index (χ1) is 8.89. The molecule has 0 atom stereocenters. The van der Waals surface area contributed by atoms with E-state index in [-0.39, 0.29) is 9.77 Å². The first-order valence-electron chi connectivity index (χ1n) is 5.98. The van der Waals surface area contributed by atoms with Gasteiger partial charge in [-0.2, -0.15) is 5.26 Å². The molecule has 0 aliphatic heterocycles. The van der Waals surface area contributed by atoms with E-state index in [4.69, 9.17) is 5.26 Å². The van der Waals surface area contributed by atoms with Crippen LogP contribution in [0.4, 0.5) is 0 Å². The van der Waals surface area contributed by atoms with Crippen LogP contribution in [0.1, 0.15) is 17.7 Å². The third-order valence-corrected chi connectivity index (χ3v) is 5.59. The number of sulfonamides is 1. The van der Waals surface area contributed by atoms with E-state index in [1.54, 1.807) is 12.4 Å². The highest BCUT2D eigenvalue weighted by molar-refractivity contribution is 7.89. The summed E-state index contributed by atoms with van der Waals surface area (Å²) >= 11 is 1.15. The number of unbranched alkanes of at least 4 members (excludes halogenated alkanes) is 1. The van der Waals surface area contributed by atoms with Crippen molar-refractivity contribution in [3.8, 4) is 6.07 Å². The van der Waals surface area contributed by atoms with Crippen molar-refractivity contribution >= 4 is 21.4 Å². The molecule has 1 heterocycles. The summed E-state index contributed by atoms with van der Waals surface area (Å²) in [5.41, 5.74) is 0. The van der Waals surface area contributed by atoms with Crippen LogP contribution < -0.4 is 0 Å². The monoisotopic (exact) mass is 301 g/mol. The predicted molar refractivity (Wildman–Crippen MR) is 76.6 cm³/mol. The van der Waals surface area contributed by atoms with E-state index in [0.717, 1.165) is 30.7 Å². The second-order valence-corrected chi connectivity index (χ2v) is 7.49. The smallest absolute Gasteiger partial charge is 0.244 e. The van der Waals surface area contributed by atoms with E-state index in [0.29, 0.717) is 6.54 Å². The van der Waals surface area contributed by atoms with Gasteiger partial charge < -0.3 is 4.90 Å². The highest BCUT2D eigenvalue weighted by Crippen LogP contribution is 2.23. The maximum Gasteiger partial charge on any atom is 0.244 e. The van der Waals surface area contributed by atoms with Gasteiger partial charge in [-0.3, -0.25) is 0 Å². The van der Waals surface area contributed by atoms with E-state index >= 15 is 0 Å². The van der Waals surface area contributed by atoms with Gasteiger partial charge in [-0.15, -0.1) is 11.3 Å². The van der Waals surface area contributed by atoms with Crippen LogP contribution >= 0.6 is 11.3 Å². The van der Waals surface area contributed by atoms with Gasteiger partial charge in [0.1, 0.15) is 15.8 Å². The normalized spacial score (nSPS) is 12.0. The summed E-state index contributed by atoms with van der Waals surface area (Å²) in [6, 6.07) is 3.42. The fourth-order valence-corrected chi connectivity index (χ4v) is 3.98. The van der Waals surface area contributed by atoms with Gasteiger partial charge in [0, 0.05) is 13.6 Å². The van der Waals surface area contributed by atoms with Gasteiger partial charge in [0.15, 0.2) is 0 Å². The molecule has 0 radical (unpaired) electrons. The third-order valence-electron chi connectivity index (χ3n) is 2.75. The van der Waals surface area contributed by atoms with Crippen LogP contribution in [0, 0.1) is 11.3 Å². The van der Waals surface area contributed by atoms with Crippen LogP contribution in [0.2, 0.25) is 0 Å². The first kappa shape index (κ1) is 16.1. The number of nitrogens with zero attached hydrogens (tertiary/aromatic N) is 3. The fraction of sp³-hybridized carbons (Fsp3) is 0.583. The Morgan fingerprint density at radius 1 is 1.26 bits per heavy atom. The molecule has 0 fully saturated rings. The molecule has 0 aromatic carbocycles. The first-order valence-corrected chi connectivity index (χ1v) is 8.30. The van der Waals surface area contributed by atoms with Gasteiger partial charge in [0.05, 0.1) is 0 Å². The molecule has 0 amide bonds. The van der Waals surface area contributed by atoms with Crippen molar-refractivity contribution in [3.63, 3.8) is 0 Å². The van der Waals surface area contributed by atoms with Crippen LogP contribution in [0.25, 0.3) is 0 Å². The van der Waals surface area contributed by atoms with Gasteiger partial charge in [0.2, 0.25) is 10.0 Å². The molecule has 0 bridgehead atoms. The zero-order valence-corrected chi connectivity index (χ0v) is 13.1. The Balaban J connectivity index is 2.66. The minimum Gasteiger partial charge on any atom is -0.309 e. The molecule has 5 nitrogen and oxygen atoms in total. The van der Waals surface area contributed by atoms with Crippen molar-refractivity contribution in [2.75, 3.05) is 34.2 Å². The highest BCUT2D eigenvalue weighted by atomic mass is 32.2. The average molecular weight is 301 g/mol. The van der Waals surface area contributed by atoms with Gasteiger partial charge in [0.25, 0.3) is 0 Å². The largest absolute Gasteiger partial charge is 0.309 e. The average Bonchev–Trinajstić information content (AvgIpc) is 2.82. The molecule has 0 aliphatic carbocycles. The van der Waals surface area contributed by atoms with Crippen molar-refractivity contribution in [1.29, 1.82) is 5.26 Å². The number of hydrogen-bond acceptors (Lipinski definition) is 5. The van der Waals surface area contributed by atoms with Crippen molar-refractivity contribution in [2.24, 2.45) is 0 Å². The van der Waals surface area contributed by atoms with Crippen LogP contribution in [-0.4, -0.2) is 51.9 Å². The molecule has 0 spiro atoms. The lowest BCUT2D eigenvalue weighted by Gasteiger charge is -2.17. The lowest BCUT2D eigenvalue weighted by atomic mass is 10.3. The molecule has 0 unspecified atom stereocenters. The van der Waals surface area contributed by atoms with Crippen molar-refractivity contribution in [2.45, 2.75) is 17.7 Å². The molecule has 0 saturated carbocycles. The van der Waals surface area contributed by atoms with E-state index in [2.05, 4.69) is 4.90 Å². The van der Waals surface area contributed by atoms with E-state index < -0.39 is 10.0 Å². The summed E-state index contributed by atoms with van der Waals surface area (Å²) in [5.74, 6) is 0. The predicted octanol–water partition coefficient (Wildman–Crippen LogP) is 1.58. The summed E-state index contributed by atoms with van der Waals surface area (Å²) in [5, 5.41) is 10.5. The van der Waals surface area contributed by atoms with E-state index in [1.807, 2.05) is 20.2 Å². The molecule has 1 rings (SSSR count). The number of hydrogen-bond donors (Lipinski definition) is 0. The molecule has 106 valence electrons. The Bertz CT molecular complexity index is 544. The minimum atomic E-state index is -3.53. The summed E-state index contributed by atoms with van der Waals surface area (Å²) in [6.45, 7) is 1.41. The highest BCUT2D eigenvalue weighted by Gasteiger charge is 2.24. The van der Waals surface area contributed by atoms with Crippen LogP contribution in [0.15, 0.2) is 16.3 Å². The second-order valence-electron chi connectivity index (χ2n) is 4.56. The maximum absolute atomic E-state index is 12.3. The zero-order valence-electron chi connectivity index (χ0n) is 11.5. The Kier molecular flexibility index (Phi) is 5.94. The van der Waals surface area contributed by atoms with Crippen molar-refractivity contribution in [1.82, 2.24) is 9.21 Å². The second kappa shape index (κ2) is 7.01. The molecule has 0 N–H and O–H groups in total. The number of rotatable bonds is 7. The lowest BCUT2D eigenvalue weighted by molar-refractivity contribution is 0.378. The Morgan fingerprint density at radius 2 is 1.89 bits per heavy atom. The summed E-state index contributed by atoms with van der Waals surface area (Å²) < 4.78 is 25.9. The third kappa shape index (κ3) is 4.28. The van der Waals surface area contributed by atoms with Gasteiger partial charge in [-0.25, -0.2) is 12.7 Å². The number of thiophene rings is 1. The molecule has 0 aliphatic rings. The minimum absolute atomic E-state index is 0.120. The Hall–Kier alpha value is -0.940. The SMILES string of the molecule is CN(C)CCCCN(C)S(=O)(=O)c1ccsc1C#N. The lowest BCUT2D eigenvalue weighted by Crippen LogP contribution is -2.28. The van der Waals surface area contributed by atoms with Crippen molar-refractivity contribution < 1.29 is 8.42 Å². The zero-order chi connectivity index (χ0) is 14.5. The van der Waals surface area contributed by atoms with Crippen molar-refractivity contribution in [3.05, 3.63) is 16.3 Å². The molecule has 1 aromatic rings. The molecular weight excluding hydrogens is 282 g/mol. The quantitative estimate of drug-likeness (QED) is 0.717. The van der Waals surface area contributed by atoms with Crippen LogP contribution in [0.3, 0.4) is 0 Å². The van der Waals surface area contributed by atoms with Gasteiger partial charge in [-0.05, 0) is 44.9 Å². The van der Waals surface area contributed by atoms with Crippen LogP contribution in [-0.2, 0) is 10.0 Å². The standard InChI is InChI=1S/C12H19N3O2S2/c1-14(2)7-4-5-8-15(3)19(16,17)12-6-9-18-11(12)10-13/h6,9H,4-5,7-8H2,1-3H3. The van der Waals surface area contributed by atoms with Gasteiger partial charge in [-0.1, -0.05) is 0 Å². The fourth-order valence-electron chi connectivity index (χ4n) is 1.63. The van der Waals surface area contributed by atoms with E-state index in [1.165, 1.54) is 10.4 Å². The Morgan fingerprint density at radius 3 is 2.47 bits per heavy atom. The van der Waals surface area contributed by atoms with Gasteiger partial charge >= 0.3 is 0 Å². The Labute approximate surface area is 119 Å². The molecule has 1 aromatic heterocycles. The molecule has 19 heavy (non-hydrogen) atoms. The summed E-state index contributed by atoms with van der Waals surface area (Å²) in [7, 11) is 2.01. The molecule has 7 heteroatoms. The maximum atomic E-state index is 12.3. The van der Waals surface area contributed by atoms with E-state index in [9.17, 15) is 8.42 Å². The summed E-state index contributed by atoms with van der Waals surface area (Å²) in [6.07, 6.45) is 1.75. The number of nitriles is 1. The molecular formula is C12H19N3O2S2. The topological polar surface area (TPSA) is 64.4 Å². The van der Waals surface area contributed by atoms with Crippen LogP contribution in [0.5, 0.6) is 0 Å². The molecule has 0 saturated heterocycles. The summed E-state index contributed by atoms with van der Waals surface area (Å²) in [4.78, 5) is 2.44.